The minimum atomic E-state index is -0.448. The summed E-state index contributed by atoms with van der Waals surface area (Å²) in [5.41, 5.74) is 1.04. The second-order valence-electron chi connectivity index (χ2n) is 6.73. The first-order chi connectivity index (χ1) is 11.6. The Morgan fingerprint density at radius 3 is 2.42 bits per heavy atom. The summed E-state index contributed by atoms with van der Waals surface area (Å²) < 4.78 is 24.6. The van der Waals surface area contributed by atoms with Gasteiger partial charge in [0.1, 0.15) is 5.82 Å². The van der Waals surface area contributed by atoms with Crippen molar-refractivity contribution in [3.05, 3.63) is 35.6 Å². The van der Waals surface area contributed by atoms with E-state index in [0.717, 1.165) is 31.2 Å². The fourth-order valence-corrected chi connectivity index (χ4v) is 3.69. The Morgan fingerprint density at radius 1 is 1.21 bits per heavy atom. The van der Waals surface area contributed by atoms with E-state index in [-0.39, 0.29) is 17.6 Å². The third-order valence-electron chi connectivity index (χ3n) is 5.09. The topological polar surface area (TPSA) is 38.8 Å². The highest BCUT2D eigenvalue weighted by Crippen LogP contribution is 2.32. The van der Waals surface area contributed by atoms with Crippen LogP contribution in [0.5, 0.6) is 0 Å². The molecule has 5 heteroatoms. The molecule has 2 aliphatic heterocycles. The quantitative estimate of drug-likeness (QED) is 0.827. The van der Waals surface area contributed by atoms with E-state index in [2.05, 4.69) is 6.92 Å². The molecule has 0 radical (unpaired) electrons. The first-order valence-electron chi connectivity index (χ1n) is 8.93. The summed E-state index contributed by atoms with van der Waals surface area (Å²) in [4.78, 5) is 14.6. The lowest BCUT2D eigenvalue weighted by Gasteiger charge is -2.38. The standard InChI is InChI=1S/C19H26FNO3/c1-2-3-16(15-4-6-17(20)7-5-15)14-18(22)21-10-8-19(9-11-21)23-12-13-24-19/h4-7,16H,2-3,8-14H2,1H3. The summed E-state index contributed by atoms with van der Waals surface area (Å²) in [7, 11) is 0. The Labute approximate surface area is 142 Å². The van der Waals surface area contributed by atoms with E-state index in [1.165, 1.54) is 12.1 Å². The fraction of sp³-hybridized carbons (Fsp3) is 0.632. The molecular weight excluding hydrogens is 309 g/mol. The Kier molecular flexibility index (Phi) is 5.51. The lowest BCUT2D eigenvalue weighted by molar-refractivity contribution is -0.187. The lowest BCUT2D eigenvalue weighted by Crippen LogP contribution is -2.47. The predicted molar refractivity (Wildman–Crippen MR) is 89.1 cm³/mol. The maximum Gasteiger partial charge on any atom is 0.223 e. The van der Waals surface area contributed by atoms with Gasteiger partial charge in [-0.2, -0.15) is 0 Å². The molecule has 1 atom stereocenters. The second-order valence-corrected chi connectivity index (χ2v) is 6.73. The Balaban J connectivity index is 1.58. The average Bonchev–Trinajstić information content (AvgIpc) is 3.04. The van der Waals surface area contributed by atoms with Crippen molar-refractivity contribution in [3.8, 4) is 0 Å². The average molecular weight is 335 g/mol. The van der Waals surface area contributed by atoms with Gasteiger partial charge in [0.25, 0.3) is 0 Å². The normalized spacial score (nSPS) is 21.2. The summed E-state index contributed by atoms with van der Waals surface area (Å²) in [6.45, 7) is 4.77. The summed E-state index contributed by atoms with van der Waals surface area (Å²) in [5.74, 6) is -0.363. The van der Waals surface area contributed by atoms with Gasteiger partial charge in [0.2, 0.25) is 5.91 Å². The van der Waals surface area contributed by atoms with Crippen LogP contribution in [0.2, 0.25) is 0 Å². The molecule has 1 amide bonds. The lowest BCUT2D eigenvalue weighted by atomic mass is 9.90. The number of nitrogens with zero attached hydrogens (tertiary/aromatic N) is 1. The van der Waals surface area contributed by atoms with Crippen LogP contribution in [0.4, 0.5) is 4.39 Å². The number of hydrogen-bond acceptors (Lipinski definition) is 3. The van der Waals surface area contributed by atoms with E-state index in [1.54, 1.807) is 12.1 Å². The molecule has 1 aromatic rings. The molecule has 0 aromatic heterocycles. The van der Waals surface area contributed by atoms with Crippen LogP contribution >= 0.6 is 0 Å². The van der Waals surface area contributed by atoms with Crippen LogP contribution in [0.15, 0.2) is 24.3 Å². The Morgan fingerprint density at radius 2 is 1.83 bits per heavy atom. The molecule has 2 heterocycles. The molecular formula is C19H26FNO3. The van der Waals surface area contributed by atoms with Crippen molar-refractivity contribution in [1.82, 2.24) is 4.90 Å². The molecule has 0 bridgehead atoms. The van der Waals surface area contributed by atoms with Crippen molar-refractivity contribution in [2.45, 2.75) is 50.7 Å². The zero-order valence-corrected chi connectivity index (χ0v) is 14.3. The van der Waals surface area contributed by atoms with Gasteiger partial charge in [0.15, 0.2) is 5.79 Å². The van der Waals surface area contributed by atoms with E-state index >= 15 is 0 Å². The van der Waals surface area contributed by atoms with Crippen molar-refractivity contribution in [2.24, 2.45) is 0 Å². The van der Waals surface area contributed by atoms with Gasteiger partial charge in [-0.15, -0.1) is 0 Å². The highest BCUT2D eigenvalue weighted by molar-refractivity contribution is 5.77. The molecule has 2 saturated heterocycles. The number of ether oxygens (including phenoxy) is 2. The van der Waals surface area contributed by atoms with E-state index in [0.29, 0.717) is 32.7 Å². The second kappa shape index (κ2) is 7.62. The number of amides is 1. The van der Waals surface area contributed by atoms with Crippen molar-refractivity contribution in [3.63, 3.8) is 0 Å². The monoisotopic (exact) mass is 335 g/mol. The Hall–Kier alpha value is -1.46. The van der Waals surface area contributed by atoms with Crippen LogP contribution in [0.3, 0.4) is 0 Å². The van der Waals surface area contributed by atoms with E-state index < -0.39 is 5.79 Å². The van der Waals surface area contributed by atoms with E-state index in [4.69, 9.17) is 9.47 Å². The van der Waals surface area contributed by atoms with Crippen molar-refractivity contribution in [2.75, 3.05) is 26.3 Å². The van der Waals surface area contributed by atoms with E-state index in [9.17, 15) is 9.18 Å². The van der Waals surface area contributed by atoms with Crippen LogP contribution in [0.1, 0.15) is 50.5 Å². The molecule has 1 unspecified atom stereocenters. The summed E-state index contributed by atoms with van der Waals surface area (Å²) >= 11 is 0. The molecule has 2 fully saturated rings. The molecule has 1 spiro atoms. The van der Waals surface area contributed by atoms with Gasteiger partial charge in [0.05, 0.1) is 13.2 Å². The molecule has 0 N–H and O–H groups in total. The number of likely N-dealkylation sites (tertiary alicyclic amines) is 1. The van der Waals surface area contributed by atoms with Crippen LogP contribution in [0, 0.1) is 5.82 Å². The molecule has 0 aliphatic carbocycles. The number of halogens is 1. The number of carbonyl (C=O) groups is 1. The highest BCUT2D eigenvalue weighted by atomic mass is 19.1. The van der Waals surface area contributed by atoms with Gasteiger partial charge in [-0.25, -0.2) is 4.39 Å². The molecule has 0 saturated carbocycles. The minimum Gasteiger partial charge on any atom is -0.347 e. The predicted octanol–water partition coefficient (Wildman–Crippen LogP) is 3.47. The fourth-order valence-electron chi connectivity index (χ4n) is 3.69. The molecule has 24 heavy (non-hydrogen) atoms. The van der Waals surface area contributed by atoms with Gasteiger partial charge >= 0.3 is 0 Å². The van der Waals surface area contributed by atoms with Gasteiger partial charge in [-0.1, -0.05) is 25.5 Å². The zero-order chi connectivity index (χ0) is 17.0. The molecule has 4 nitrogen and oxygen atoms in total. The van der Waals surface area contributed by atoms with Crippen molar-refractivity contribution < 1.29 is 18.7 Å². The SMILES string of the molecule is CCCC(CC(=O)N1CCC2(CC1)OCCO2)c1ccc(F)cc1. The summed E-state index contributed by atoms with van der Waals surface area (Å²) in [5, 5.41) is 0. The molecule has 132 valence electrons. The van der Waals surface area contributed by atoms with Crippen LogP contribution in [0.25, 0.3) is 0 Å². The maximum atomic E-state index is 13.1. The van der Waals surface area contributed by atoms with Crippen LogP contribution in [-0.2, 0) is 14.3 Å². The molecule has 2 aliphatic rings. The van der Waals surface area contributed by atoms with Gasteiger partial charge in [-0.3, -0.25) is 4.79 Å². The van der Waals surface area contributed by atoms with Crippen LogP contribution < -0.4 is 0 Å². The number of hydrogen-bond donors (Lipinski definition) is 0. The first kappa shape index (κ1) is 17.4. The van der Waals surface area contributed by atoms with Crippen molar-refractivity contribution >= 4 is 5.91 Å². The number of benzene rings is 1. The van der Waals surface area contributed by atoms with Gasteiger partial charge in [0, 0.05) is 32.4 Å². The van der Waals surface area contributed by atoms with Gasteiger partial charge < -0.3 is 14.4 Å². The zero-order valence-electron chi connectivity index (χ0n) is 14.3. The number of rotatable bonds is 5. The highest BCUT2D eigenvalue weighted by Gasteiger charge is 2.40. The Bertz CT molecular complexity index is 544. The van der Waals surface area contributed by atoms with Crippen molar-refractivity contribution in [1.29, 1.82) is 0 Å². The molecule has 3 rings (SSSR count). The first-order valence-corrected chi connectivity index (χ1v) is 8.93. The third-order valence-corrected chi connectivity index (χ3v) is 5.09. The largest absolute Gasteiger partial charge is 0.347 e. The number of carbonyl (C=O) groups excluding carboxylic acids is 1. The smallest absolute Gasteiger partial charge is 0.223 e. The third kappa shape index (κ3) is 3.95. The maximum absolute atomic E-state index is 13.1. The van der Waals surface area contributed by atoms with Gasteiger partial charge in [-0.05, 0) is 30.0 Å². The molecule has 1 aromatic carbocycles. The summed E-state index contributed by atoms with van der Waals surface area (Å²) in [6, 6.07) is 6.55. The van der Waals surface area contributed by atoms with Crippen LogP contribution in [-0.4, -0.2) is 42.9 Å². The van der Waals surface area contributed by atoms with E-state index in [1.807, 2.05) is 4.90 Å². The minimum absolute atomic E-state index is 0.151. The number of piperidine rings is 1. The summed E-state index contributed by atoms with van der Waals surface area (Å²) in [6.07, 6.45) is 3.90.